The van der Waals surface area contributed by atoms with Crippen molar-refractivity contribution in [2.24, 2.45) is 0 Å². The lowest BCUT2D eigenvalue weighted by molar-refractivity contribution is 0.220. The number of hydrogen-bond donors (Lipinski definition) is 1. The zero-order valence-corrected chi connectivity index (χ0v) is 19.4. The molecule has 0 aliphatic carbocycles. The van der Waals surface area contributed by atoms with Crippen molar-refractivity contribution >= 4 is 57.5 Å². The number of benzene rings is 2. The lowest BCUT2D eigenvalue weighted by atomic mass is 10.1. The Morgan fingerprint density at radius 2 is 1.81 bits per heavy atom. The van der Waals surface area contributed by atoms with Gasteiger partial charge in [-0.3, -0.25) is 10.3 Å². The number of thiazole rings is 1. The average Bonchev–Trinajstić information content (AvgIpc) is 3.17. The Labute approximate surface area is 197 Å². The van der Waals surface area contributed by atoms with Crippen LogP contribution in [0, 0.1) is 0 Å². The summed E-state index contributed by atoms with van der Waals surface area (Å²) in [6, 6.07) is 19.4. The number of halogens is 2. The summed E-state index contributed by atoms with van der Waals surface area (Å²) in [7, 11) is 3.35. The van der Waals surface area contributed by atoms with E-state index in [1.54, 1.807) is 25.3 Å². The third-order valence-electron chi connectivity index (χ3n) is 4.50. The number of pyridine rings is 1. The van der Waals surface area contributed by atoms with Gasteiger partial charge >= 0.3 is 6.03 Å². The lowest BCUT2D eigenvalue weighted by Crippen LogP contribution is -2.31. The predicted octanol–water partition coefficient (Wildman–Crippen LogP) is 5.87. The number of rotatable bonds is 5. The molecule has 0 radical (unpaired) electrons. The molecule has 0 saturated carbocycles. The quantitative estimate of drug-likeness (QED) is 0.390. The first-order valence-electron chi connectivity index (χ1n) is 9.10. The molecule has 0 bridgehead atoms. The minimum atomic E-state index is -0.241. The molecule has 1 N–H and O–H groups in total. The topological polar surface area (TPSA) is 67.3 Å². The number of urea groups is 1. The number of methoxy groups -OCH3 is 1. The summed E-state index contributed by atoms with van der Waals surface area (Å²) < 4.78 is 6.45. The van der Waals surface area contributed by atoms with Gasteiger partial charge in [0, 0.05) is 18.8 Å². The summed E-state index contributed by atoms with van der Waals surface area (Å²) in [4.78, 5) is 23.1. The van der Waals surface area contributed by atoms with E-state index >= 15 is 0 Å². The molecule has 0 unspecified atom stereocenters. The maximum Gasteiger partial charge on any atom is 0.323 e. The van der Waals surface area contributed by atoms with Crippen LogP contribution in [-0.4, -0.2) is 35.1 Å². The van der Waals surface area contributed by atoms with Gasteiger partial charge in [0.25, 0.3) is 0 Å². The van der Waals surface area contributed by atoms with Gasteiger partial charge in [0.2, 0.25) is 0 Å². The van der Waals surface area contributed by atoms with Gasteiger partial charge in [-0.2, -0.15) is 0 Å². The molecule has 4 rings (SSSR count). The number of anilines is 1. The predicted molar refractivity (Wildman–Crippen MR) is 131 cm³/mol. The number of aromatic nitrogens is 2. The van der Waals surface area contributed by atoms with Crippen molar-refractivity contribution in [3.8, 4) is 16.9 Å². The summed E-state index contributed by atoms with van der Waals surface area (Å²) in [6.07, 6.45) is 1.71. The number of fused-ring (bicyclic) bond motifs is 1. The van der Waals surface area contributed by atoms with Gasteiger partial charge in [0.1, 0.15) is 11.3 Å². The van der Waals surface area contributed by atoms with Gasteiger partial charge in [0.15, 0.2) is 5.13 Å². The van der Waals surface area contributed by atoms with E-state index in [0.717, 1.165) is 27.0 Å². The highest BCUT2D eigenvalue weighted by Crippen LogP contribution is 2.39. The van der Waals surface area contributed by atoms with Crippen molar-refractivity contribution in [3.63, 3.8) is 0 Å². The first-order chi connectivity index (χ1) is 14.2. The van der Waals surface area contributed by atoms with E-state index in [4.69, 9.17) is 4.74 Å². The van der Waals surface area contributed by atoms with Gasteiger partial charge in [-0.25, -0.2) is 9.78 Å². The minimum absolute atomic E-state index is 0. The van der Waals surface area contributed by atoms with Crippen molar-refractivity contribution in [2.75, 3.05) is 19.5 Å². The van der Waals surface area contributed by atoms with Crippen LogP contribution in [0.4, 0.5) is 9.93 Å². The largest absolute Gasteiger partial charge is 0.494 e. The SMILES string of the molecule is COc1ccc(-c2ccccc2)c2sc(NC(=O)N(C)Cc3ccccn3)nc12.Cl.Cl. The summed E-state index contributed by atoms with van der Waals surface area (Å²) in [5.74, 6) is 0.679. The minimum Gasteiger partial charge on any atom is -0.494 e. The van der Waals surface area contributed by atoms with E-state index in [1.807, 2.05) is 48.5 Å². The van der Waals surface area contributed by atoms with Gasteiger partial charge in [-0.1, -0.05) is 47.7 Å². The highest BCUT2D eigenvalue weighted by molar-refractivity contribution is 7.23. The summed E-state index contributed by atoms with van der Waals surface area (Å²) >= 11 is 1.43. The van der Waals surface area contributed by atoms with E-state index < -0.39 is 0 Å². The zero-order valence-electron chi connectivity index (χ0n) is 16.9. The number of amides is 2. The van der Waals surface area contributed by atoms with E-state index in [1.165, 1.54) is 11.3 Å². The molecular weight excluding hydrogens is 455 g/mol. The number of carbonyl (C=O) groups excluding carboxylic acids is 1. The van der Waals surface area contributed by atoms with Crippen LogP contribution < -0.4 is 10.1 Å². The number of hydrogen-bond acceptors (Lipinski definition) is 5. The highest BCUT2D eigenvalue weighted by Gasteiger charge is 2.17. The summed E-state index contributed by atoms with van der Waals surface area (Å²) in [6.45, 7) is 0.413. The first-order valence-corrected chi connectivity index (χ1v) is 9.92. The number of nitrogens with zero attached hydrogens (tertiary/aromatic N) is 3. The van der Waals surface area contributed by atoms with Crippen LogP contribution in [-0.2, 0) is 6.54 Å². The maximum atomic E-state index is 12.6. The second-order valence-corrected chi connectivity index (χ2v) is 7.48. The fourth-order valence-corrected chi connectivity index (χ4v) is 4.05. The molecule has 0 fully saturated rings. The Morgan fingerprint density at radius 1 is 1.06 bits per heavy atom. The standard InChI is InChI=1S/C22H20N4O2S.2ClH/c1-26(14-16-10-6-7-13-23-16)22(27)25-21-24-19-18(28-2)12-11-17(20(19)29-21)15-8-4-3-5-9-15;;/h3-13H,14H2,1-2H3,(H,24,25,27);2*1H. The van der Waals surface area contributed by atoms with Crippen molar-refractivity contribution in [2.45, 2.75) is 6.54 Å². The van der Waals surface area contributed by atoms with Gasteiger partial charge in [-0.05, 0) is 29.8 Å². The van der Waals surface area contributed by atoms with Gasteiger partial charge < -0.3 is 9.64 Å². The van der Waals surface area contributed by atoms with Crippen LogP contribution in [0.15, 0.2) is 66.9 Å². The molecule has 31 heavy (non-hydrogen) atoms. The lowest BCUT2D eigenvalue weighted by Gasteiger charge is -2.16. The molecular formula is C22H22Cl2N4O2S. The van der Waals surface area contributed by atoms with Crippen LogP contribution in [0.3, 0.4) is 0 Å². The Bertz CT molecular complexity index is 1140. The fourth-order valence-electron chi connectivity index (χ4n) is 3.04. The van der Waals surface area contributed by atoms with E-state index in [2.05, 4.69) is 27.4 Å². The summed E-state index contributed by atoms with van der Waals surface area (Å²) in [5.41, 5.74) is 3.71. The number of carbonyl (C=O) groups is 1. The van der Waals surface area contributed by atoms with Gasteiger partial charge in [-0.15, -0.1) is 24.8 Å². The van der Waals surface area contributed by atoms with Crippen molar-refractivity contribution in [3.05, 3.63) is 72.6 Å². The Balaban J connectivity index is 0.00000171. The van der Waals surface area contributed by atoms with Crippen molar-refractivity contribution in [1.29, 1.82) is 0 Å². The molecule has 2 heterocycles. The molecule has 162 valence electrons. The van der Waals surface area contributed by atoms with E-state index in [-0.39, 0.29) is 30.8 Å². The average molecular weight is 477 g/mol. The Hall–Kier alpha value is -2.87. The van der Waals surface area contributed by atoms with Gasteiger partial charge in [0.05, 0.1) is 24.0 Å². The normalized spacial score (nSPS) is 10.0. The number of ether oxygens (including phenoxy) is 1. The van der Waals surface area contributed by atoms with E-state index in [0.29, 0.717) is 17.4 Å². The molecule has 2 aromatic heterocycles. The molecule has 0 aliphatic rings. The molecule has 0 saturated heterocycles. The van der Waals surface area contributed by atoms with Crippen LogP contribution in [0.1, 0.15) is 5.69 Å². The van der Waals surface area contributed by atoms with Crippen LogP contribution in [0.25, 0.3) is 21.3 Å². The van der Waals surface area contributed by atoms with E-state index in [9.17, 15) is 4.79 Å². The molecule has 2 aromatic carbocycles. The highest BCUT2D eigenvalue weighted by atomic mass is 35.5. The van der Waals surface area contributed by atoms with Crippen LogP contribution in [0.5, 0.6) is 5.75 Å². The van der Waals surface area contributed by atoms with Crippen molar-refractivity contribution in [1.82, 2.24) is 14.9 Å². The Morgan fingerprint density at radius 3 is 2.48 bits per heavy atom. The zero-order chi connectivity index (χ0) is 20.2. The number of nitrogens with one attached hydrogen (secondary N) is 1. The molecule has 6 nitrogen and oxygen atoms in total. The third kappa shape index (κ3) is 5.44. The second-order valence-electron chi connectivity index (χ2n) is 6.49. The molecule has 0 atom stereocenters. The molecule has 2 amide bonds. The molecule has 4 aromatic rings. The monoisotopic (exact) mass is 476 g/mol. The molecule has 0 spiro atoms. The Kier molecular flexibility index (Phi) is 8.62. The molecule has 9 heteroatoms. The second kappa shape index (κ2) is 10.9. The maximum absolute atomic E-state index is 12.6. The molecule has 0 aliphatic heterocycles. The van der Waals surface area contributed by atoms with Crippen molar-refractivity contribution < 1.29 is 9.53 Å². The first kappa shape index (κ1) is 24.4. The summed E-state index contributed by atoms with van der Waals surface area (Å²) in [5, 5.41) is 3.42. The fraction of sp³-hybridized carbons (Fsp3) is 0.136. The smallest absolute Gasteiger partial charge is 0.323 e. The van der Waals surface area contributed by atoms with Crippen LogP contribution >= 0.6 is 36.2 Å². The van der Waals surface area contributed by atoms with Crippen LogP contribution in [0.2, 0.25) is 0 Å². The third-order valence-corrected chi connectivity index (χ3v) is 5.50.